The Morgan fingerprint density at radius 3 is 2.87 bits per heavy atom. The van der Waals surface area contributed by atoms with Crippen LogP contribution in [0, 0.1) is 0 Å². The molecule has 0 radical (unpaired) electrons. The highest BCUT2D eigenvalue weighted by Gasteiger charge is 2.35. The summed E-state index contributed by atoms with van der Waals surface area (Å²) in [6.07, 6.45) is 2.98. The maximum Gasteiger partial charge on any atom is 0.325 e. The van der Waals surface area contributed by atoms with Gasteiger partial charge in [0.25, 0.3) is 0 Å². The molecule has 0 bridgehead atoms. The van der Waals surface area contributed by atoms with Crippen molar-refractivity contribution in [3.63, 3.8) is 0 Å². The normalized spacial score (nSPS) is 17.4. The summed E-state index contributed by atoms with van der Waals surface area (Å²) in [5, 5.41) is -0.207. The first kappa shape index (κ1) is 17.7. The zero-order valence-electron chi connectivity index (χ0n) is 13.6. The molecule has 1 aromatic rings. The number of methoxy groups -OCH3 is 1. The van der Waals surface area contributed by atoms with E-state index < -0.39 is 0 Å². The summed E-state index contributed by atoms with van der Waals surface area (Å²) in [5.74, 6) is 0.695. The van der Waals surface area contributed by atoms with Gasteiger partial charge in [-0.1, -0.05) is 38.0 Å². The number of hydrogen-bond donors (Lipinski definition) is 0. The van der Waals surface area contributed by atoms with E-state index >= 15 is 0 Å². The Labute approximate surface area is 141 Å². The molecule has 0 aromatic heterocycles. The molecule has 1 aliphatic rings. The topological polar surface area (TPSA) is 55.8 Å². The molecule has 0 aliphatic carbocycles. The summed E-state index contributed by atoms with van der Waals surface area (Å²) in [5.41, 5.74) is 0.907. The number of carbonyl (C=O) groups is 2. The van der Waals surface area contributed by atoms with Crippen molar-refractivity contribution < 1.29 is 19.1 Å². The van der Waals surface area contributed by atoms with E-state index in [0.29, 0.717) is 12.4 Å². The second kappa shape index (κ2) is 8.82. The van der Waals surface area contributed by atoms with E-state index in [9.17, 15) is 9.59 Å². The van der Waals surface area contributed by atoms with Gasteiger partial charge in [0.1, 0.15) is 17.7 Å². The maximum atomic E-state index is 12.1. The first-order valence-electron chi connectivity index (χ1n) is 7.87. The Morgan fingerprint density at radius 1 is 1.35 bits per heavy atom. The number of unbranched alkanes of at least 4 members (excludes halogenated alkanes) is 2. The largest absolute Gasteiger partial charge is 0.496 e. The second-order valence-corrected chi connectivity index (χ2v) is 6.42. The van der Waals surface area contributed by atoms with E-state index in [1.165, 1.54) is 11.8 Å². The van der Waals surface area contributed by atoms with Gasteiger partial charge >= 0.3 is 5.97 Å². The molecule has 1 amide bonds. The molecule has 0 N–H and O–H groups in total. The third kappa shape index (κ3) is 4.64. The van der Waals surface area contributed by atoms with Gasteiger partial charge in [-0.2, -0.15) is 0 Å². The van der Waals surface area contributed by atoms with Crippen molar-refractivity contribution in [1.82, 2.24) is 4.90 Å². The molecule has 1 heterocycles. The van der Waals surface area contributed by atoms with E-state index in [-0.39, 0.29) is 23.8 Å². The predicted octanol–water partition coefficient (Wildman–Crippen LogP) is 3.00. The summed E-state index contributed by atoms with van der Waals surface area (Å²) in [6, 6.07) is 7.58. The second-order valence-electron chi connectivity index (χ2n) is 5.35. The Balaban J connectivity index is 2.01. The van der Waals surface area contributed by atoms with Crippen LogP contribution in [0.15, 0.2) is 24.3 Å². The van der Waals surface area contributed by atoms with Gasteiger partial charge in [-0.05, 0) is 12.5 Å². The number of nitrogens with zero attached hydrogens (tertiary/aromatic N) is 1. The number of benzene rings is 1. The van der Waals surface area contributed by atoms with Crippen LogP contribution < -0.4 is 4.74 Å². The first-order valence-corrected chi connectivity index (χ1v) is 8.91. The molecular formula is C17H23NO4S. The van der Waals surface area contributed by atoms with Gasteiger partial charge in [0.05, 0.1) is 19.5 Å². The van der Waals surface area contributed by atoms with Gasteiger partial charge in [0.15, 0.2) is 0 Å². The minimum atomic E-state index is -0.350. The highest BCUT2D eigenvalue weighted by atomic mass is 32.2. The molecule has 0 saturated carbocycles. The van der Waals surface area contributed by atoms with Crippen LogP contribution in [-0.4, -0.2) is 42.8 Å². The van der Waals surface area contributed by atoms with Crippen LogP contribution in [0.2, 0.25) is 0 Å². The molecule has 5 nitrogen and oxygen atoms in total. The van der Waals surface area contributed by atoms with Crippen LogP contribution in [0.5, 0.6) is 5.75 Å². The van der Waals surface area contributed by atoms with Crippen molar-refractivity contribution in [2.75, 3.05) is 26.0 Å². The Bertz CT molecular complexity index is 549. The smallest absolute Gasteiger partial charge is 0.325 e. The lowest BCUT2D eigenvalue weighted by atomic mass is 10.2. The number of rotatable bonds is 8. The fraction of sp³-hybridized carbons (Fsp3) is 0.529. The number of amides is 1. The summed E-state index contributed by atoms with van der Waals surface area (Å²) < 4.78 is 10.6. The molecule has 1 aliphatic heterocycles. The van der Waals surface area contributed by atoms with Gasteiger partial charge in [0, 0.05) is 5.56 Å². The third-order valence-electron chi connectivity index (χ3n) is 3.68. The van der Waals surface area contributed by atoms with Crippen molar-refractivity contribution in [1.29, 1.82) is 0 Å². The zero-order chi connectivity index (χ0) is 16.7. The fourth-order valence-electron chi connectivity index (χ4n) is 2.48. The lowest BCUT2D eigenvalue weighted by Gasteiger charge is -2.24. The molecule has 23 heavy (non-hydrogen) atoms. The van der Waals surface area contributed by atoms with Gasteiger partial charge in [-0.25, -0.2) is 0 Å². The van der Waals surface area contributed by atoms with Gasteiger partial charge < -0.3 is 14.4 Å². The predicted molar refractivity (Wildman–Crippen MR) is 90.4 cm³/mol. The molecule has 1 fully saturated rings. The first-order chi connectivity index (χ1) is 11.2. The number of thioether (sulfide) groups is 1. The minimum Gasteiger partial charge on any atom is -0.496 e. The van der Waals surface area contributed by atoms with Crippen LogP contribution in [-0.2, 0) is 14.3 Å². The van der Waals surface area contributed by atoms with Crippen molar-refractivity contribution in [2.24, 2.45) is 0 Å². The molecule has 6 heteroatoms. The van der Waals surface area contributed by atoms with Crippen LogP contribution >= 0.6 is 11.8 Å². The molecule has 1 atom stereocenters. The molecule has 2 rings (SSSR count). The van der Waals surface area contributed by atoms with E-state index in [1.807, 2.05) is 24.3 Å². The Morgan fingerprint density at radius 2 is 2.13 bits per heavy atom. The fourth-order valence-corrected chi connectivity index (χ4v) is 3.69. The summed E-state index contributed by atoms with van der Waals surface area (Å²) in [4.78, 5) is 25.7. The molecule has 1 unspecified atom stereocenters. The summed E-state index contributed by atoms with van der Waals surface area (Å²) in [6.45, 7) is 2.50. The van der Waals surface area contributed by atoms with Crippen LogP contribution in [0.1, 0.15) is 37.1 Å². The van der Waals surface area contributed by atoms with Gasteiger partial charge in [-0.15, -0.1) is 11.8 Å². The lowest BCUT2D eigenvalue weighted by molar-refractivity contribution is -0.148. The quantitative estimate of drug-likeness (QED) is 0.539. The number of ether oxygens (including phenoxy) is 2. The highest BCUT2D eigenvalue weighted by molar-refractivity contribution is 8.00. The lowest BCUT2D eigenvalue weighted by Crippen LogP contribution is -2.34. The van der Waals surface area contributed by atoms with Crippen LogP contribution in [0.4, 0.5) is 0 Å². The van der Waals surface area contributed by atoms with E-state index in [1.54, 1.807) is 12.0 Å². The van der Waals surface area contributed by atoms with Crippen molar-refractivity contribution in [2.45, 2.75) is 31.6 Å². The van der Waals surface area contributed by atoms with E-state index in [4.69, 9.17) is 9.47 Å². The van der Waals surface area contributed by atoms with Crippen LogP contribution in [0.25, 0.3) is 0 Å². The van der Waals surface area contributed by atoms with Gasteiger partial charge in [0.2, 0.25) is 5.91 Å². The van der Waals surface area contributed by atoms with Crippen LogP contribution in [0.3, 0.4) is 0 Å². The average molecular weight is 337 g/mol. The number of hydrogen-bond acceptors (Lipinski definition) is 5. The molecule has 1 aromatic carbocycles. The summed E-state index contributed by atoms with van der Waals surface area (Å²) >= 11 is 1.50. The Hall–Kier alpha value is -1.69. The highest BCUT2D eigenvalue weighted by Crippen LogP contribution is 2.42. The van der Waals surface area contributed by atoms with Crippen molar-refractivity contribution in [3.8, 4) is 5.75 Å². The molecule has 126 valence electrons. The molecule has 1 saturated heterocycles. The van der Waals surface area contributed by atoms with Gasteiger partial charge in [-0.3, -0.25) is 9.59 Å². The number of para-hydroxylation sites is 1. The Kier molecular flexibility index (Phi) is 6.77. The van der Waals surface area contributed by atoms with E-state index in [2.05, 4.69) is 6.92 Å². The SMILES string of the molecule is CCCCCOC(=O)CN1C(=O)CSC1c1ccccc1OC. The number of carbonyl (C=O) groups excluding carboxylic acids is 2. The standard InChI is InChI=1S/C17H23NO4S/c1-3-4-7-10-22-16(20)11-18-15(19)12-23-17(18)13-8-5-6-9-14(13)21-2/h5-6,8-9,17H,3-4,7,10-12H2,1-2H3. The summed E-state index contributed by atoms with van der Waals surface area (Å²) in [7, 11) is 1.60. The third-order valence-corrected chi connectivity index (χ3v) is 4.92. The van der Waals surface area contributed by atoms with Crippen molar-refractivity contribution >= 4 is 23.6 Å². The average Bonchev–Trinajstić information content (AvgIpc) is 2.92. The minimum absolute atomic E-state index is 0.0132. The van der Waals surface area contributed by atoms with E-state index in [0.717, 1.165) is 30.6 Å². The maximum absolute atomic E-state index is 12.1. The molecular weight excluding hydrogens is 314 g/mol. The number of esters is 1. The van der Waals surface area contributed by atoms with Crippen molar-refractivity contribution in [3.05, 3.63) is 29.8 Å². The molecule has 0 spiro atoms. The zero-order valence-corrected chi connectivity index (χ0v) is 14.4. The monoisotopic (exact) mass is 337 g/mol.